The smallest absolute Gasteiger partial charge is 0.283 e. The predicted molar refractivity (Wildman–Crippen MR) is 108 cm³/mol. The van der Waals surface area contributed by atoms with Gasteiger partial charge in [0.15, 0.2) is 0 Å². The largest absolute Gasteiger partial charge is 0.344 e. The van der Waals surface area contributed by atoms with E-state index in [1.807, 2.05) is 13.8 Å². The molecule has 150 valence electrons. The Bertz CT molecular complexity index is 1090. The standard InChI is InChI=1S/C19H23N3O4S2/c1-15-4-8-18(9-5-15)27(23,24)20-17(3)21-12-13-22(14-21)28(25,26)19-10-6-16(2)7-11-19/h4-11H,12-14H2,1-3H3/b20-17+. The number of sulfonamides is 2. The van der Waals surface area contributed by atoms with Crippen molar-refractivity contribution in [2.75, 3.05) is 19.8 Å². The van der Waals surface area contributed by atoms with E-state index in [-0.39, 0.29) is 28.8 Å². The molecule has 2 aromatic rings. The second-order valence-electron chi connectivity index (χ2n) is 6.83. The summed E-state index contributed by atoms with van der Waals surface area (Å²) in [4.78, 5) is 1.99. The van der Waals surface area contributed by atoms with Gasteiger partial charge in [0, 0.05) is 13.1 Å². The highest BCUT2D eigenvalue weighted by molar-refractivity contribution is 7.90. The van der Waals surface area contributed by atoms with Gasteiger partial charge in [-0.25, -0.2) is 8.42 Å². The van der Waals surface area contributed by atoms with Crippen LogP contribution in [0.5, 0.6) is 0 Å². The molecule has 0 aliphatic carbocycles. The molecular weight excluding hydrogens is 398 g/mol. The Balaban J connectivity index is 1.78. The Morgan fingerprint density at radius 1 is 0.821 bits per heavy atom. The molecule has 1 aliphatic rings. The fourth-order valence-electron chi connectivity index (χ4n) is 2.88. The van der Waals surface area contributed by atoms with Crippen molar-refractivity contribution in [3.63, 3.8) is 0 Å². The first-order valence-electron chi connectivity index (χ1n) is 8.79. The van der Waals surface area contributed by atoms with E-state index >= 15 is 0 Å². The summed E-state index contributed by atoms with van der Waals surface area (Å²) in [5.74, 6) is 0.266. The summed E-state index contributed by atoms with van der Waals surface area (Å²) < 4.78 is 55.8. The number of rotatable bonds is 4. The topological polar surface area (TPSA) is 87.1 Å². The molecule has 3 rings (SSSR count). The van der Waals surface area contributed by atoms with Crippen molar-refractivity contribution < 1.29 is 16.8 Å². The van der Waals surface area contributed by atoms with Crippen LogP contribution in [-0.2, 0) is 20.0 Å². The first-order valence-corrected chi connectivity index (χ1v) is 11.7. The van der Waals surface area contributed by atoms with Gasteiger partial charge >= 0.3 is 0 Å². The molecule has 0 radical (unpaired) electrons. The first-order chi connectivity index (χ1) is 13.1. The minimum atomic E-state index is -3.85. The maximum atomic E-state index is 12.8. The summed E-state index contributed by atoms with van der Waals surface area (Å²) in [5.41, 5.74) is 1.93. The molecule has 1 fully saturated rings. The van der Waals surface area contributed by atoms with Crippen LogP contribution in [0.2, 0.25) is 0 Å². The molecule has 2 aromatic carbocycles. The van der Waals surface area contributed by atoms with Gasteiger partial charge in [-0.15, -0.1) is 4.40 Å². The van der Waals surface area contributed by atoms with Gasteiger partial charge in [0.2, 0.25) is 10.0 Å². The van der Waals surface area contributed by atoms with Gasteiger partial charge in [-0.05, 0) is 45.0 Å². The van der Waals surface area contributed by atoms with E-state index in [1.165, 1.54) is 16.4 Å². The van der Waals surface area contributed by atoms with Gasteiger partial charge in [-0.1, -0.05) is 35.4 Å². The van der Waals surface area contributed by atoms with Crippen LogP contribution in [0.25, 0.3) is 0 Å². The van der Waals surface area contributed by atoms with E-state index in [4.69, 9.17) is 0 Å². The van der Waals surface area contributed by atoms with E-state index in [9.17, 15) is 16.8 Å². The van der Waals surface area contributed by atoms with E-state index in [0.717, 1.165) is 11.1 Å². The number of benzene rings is 2. The van der Waals surface area contributed by atoms with E-state index in [0.29, 0.717) is 6.54 Å². The minimum absolute atomic E-state index is 0.0644. The average molecular weight is 422 g/mol. The Labute approximate surface area is 166 Å². The highest BCUT2D eigenvalue weighted by atomic mass is 32.2. The number of nitrogens with zero attached hydrogens (tertiary/aromatic N) is 3. The highest BCUT2D eigenvalue weighted by Crippen LogP contribution is 2.21. The number of hydrogen-bond donors (Lipinski definition) is 0. The molecule has 1 saturated heterocycles. The average Bonchev–Trinajstić information content (AvgIpc) is 3.13. The van der Waals surface area contributed by atoms with Crippen LogP contribution >= 0.6 is 0 Å². The summed E-state index contributed by atoms with van der Waals surface area (Å²) in [6.07, 6.45) is 0. The van der Waals surface area contributed by atoms with Crippen LogP contribution in [0.3, 0.4) is 0 Å². The summed E-state index contributed by atoms with van der Waals surface area (Å²) in [6.45, 7) is 6.06. The molecule has 9 heteroatoms. The molecule has 0 bridgehead atoms. The lowest BCUT2D eigenvalue weighted by atomic mass is 10.2. The van der Waals surface area contributed by atoms with Crippen molar-refractivity contribution >= 4 is 25.9 Å². The number of aryl methyl sites for hydroxylation is 2. The van der Waals surface area contributed by atoms with Crippen molar-refractivity contribution in [2.45, 2.75) is 30.6 Å². The van der Waals surface area contributed by atoms with Gasteiger partial charge in [0.05, 0.1) is 16.5 Å². The molecule has 0 N–H and O–H groups in total. The highest BCUT2D eigenvalue weighted by Gasteiger charge is 2.32. The second-order valence-corrected chi connectivity index (χ2v) is 10.4. The second kappa shape index (κ2) is 7.65. The Kier molecular flexibility index (Phi) is 5.60. The zero-order chi connectivity index (χ0) is 20.5. The third kappa shape index (κ3) is 4.26. The van der Waals surface area contributed by atoms with E-state index in [1.54, 1.807) is 48.2 Å². The van der Waals surface area contributed by atoms with Crippen LogP contribution in [0.15, 0.2) is 62.7 Å². The van der Waals surface area contributed by atoms with Crippen LogP contribution < -0.4 is 0 Å². The maximum Gasteiger partial charge on any atom is 0.283 e. The van der Waals surface area contributed by atoms with Gasteiger partial charge < -0.3 is 4.90 Å². The minimum Gasteiger partial charge on any atom is -0.344 e. The summed E-state index contributed by atoms with van der Waals surface area (Å²) in [5, 5.41) is 0. The molecule has 28 heavy (non-hydrogen) atoms. The lowest BCUT2D eigenvalue weighted by Gasteiger charge is -2.19. The fraction of sp³-hybridized carbons (Fsp3) is 0.316. The lowest BCUT2D eigenvalue weighted by Crippen LogP contribution is -2.33. The molecule has 0 saturated carbocycles. The molecule has 7 nitrogen and oxygen atoms in total. The van der Waals surface area contributed by atoms with Gasteiger partial charge in [0.25, 0.3) is 10.0 Å². The van der Waals surface area contributed by atoms with Crippen LogP contribution in [0.1, 0.15) is 18.1 Å². The van der Waals surface area contributed by atoms with Gasteiger partial charge in [0.1, 0.15) is 5.84 Å². The zero-order valence-electron chi connectivity index (χ0n) is 16.0. The zero-order valence-corrected chi connectivity index (χ0v) is 17.7. The summed E-state index contributed by atoms with van der Waals surface area (Å²) in [6, 6.07) is 13.1. The summed E-state index contributed by atoms with van der Waals surface area (Å²) in [7, 11) is -7.48. The fourth-order valence-corrected chi connectivity index (χ4v) is 5.32. The van der Waals surface area contributed by atoms with E-state index < -0.39 is 20.0 Å². The van der Waals surface area contributed by atoms with Crippen molar-refractivity contribution in [1.29, 1.82) is 0 Å². The molecule has 1 heterocycles. The quantitative estimate of drug-likeness (QED) is 0.559. The Morgan fingerprint density at radius 2 is 1.32 bits per heavy atom. The van der Waals surface area contributed by atoms with Gasteiger partial charge in [-0.3, -0.25) is 0 Å². The number of amidine groups is 1. The van der Waals surface area contributed by atoms with Crippen molar-refractivity contribution in [1.82, 2.24) is 9.21 Å². The van der Waals surface area contributed by atoms with Crippen molar-refractivity contribution in [3.05, 3.63) is 59.7 Å². The van der Waals surface area contributed by atoms with Crippen molar-refractivity contribution in [3.8, 4) is 0 Å². The molecule has 1 aliphatic heterocycles. The number of hydrogen-bond acceptors (Lipinski definition) is 4. The molecular formula is C19H23N3O4S2. The normalized spacial score (nSPS) is 16.5. The molecule has 0 amide bonds. The molecule has 0 unspecified atom stereocenters. The lowest BCUT2D eigenvalue weighted by molar-refractivity contribution is 0.416. The third-order valence-corrected chi connectivity index (χ3v) is 7.85. The molecule has 0 atom stereocenters. The molecule has 0 spiro atoms. The van der Waals surface area contributed by atoms with Crippen LogP contribution in [0.4, 0.5) is 0 Å². The van der Waals surface area contributed by atoms with E-state index in [2.05, 4.69) is 4.40 Å². The molecule has 0 aromatic heterocycles. The van der Waals surface area contributed by atoms with Crippen LogP contribution in [0, 0.1) is 13.8 Å². The Hall–Kier alpha value is -2.23. The summed E-state index contributed by atoms with van der Waals surface area (Å²) >= 11 is 0. The monoisotopic (exact) mass is 421 g/mol. The van der Waals surface area contributed by atoms with Crippen LogP contribution in [-0.4, -0.2) is 51.6 Å². The first kappa shape index (κ1) is 20.5. The Morgan fingerprint density at radius 3 is 1.86 bits per heavy atom. The predicted octanol–water partition coefficient (Wildman–Crippen LogP) is 2.37. The maximum absolute atomic E-state index is 12.8. The van der Waals surface area contributed by atoms with Crippen molar-refractivity contribution in [2.24, 2.45) is 4.40 Å². The third-order valence-electron chi connectivity index (χ3n) is 4.64. The van der Waals surface area contributed by atoms with Gasteiger partial charge in [-0.2, -0.15) is 12.7 Å². The SMILES string of the molecule is C/C(=N\S(=O)(=O)c1ccc(C)cc1)N1CCN(S(=O)(=O)c2ccc(C)cc2)C1.